The van der Waals surface area contributed by atoms with E-state index in [-0.39, 0.29) is 24.6 Å². The highest BCUT2D eigenvalue weighted by Crippen LogP contribution is 2.34. The highest BCUT2D eigenvalue weighted by molar-refractivity contribution is 7.88. The van der Waals surface area contributed by atoms with Gasteiger partial charge in [0.25, 0.3) is 5.88 Å². The lowest BCUT2D eigenvalue weighted by Crippen LogP contribution is -2.28. The summed E-state index contributed by atoms with van der Waals surface area (Å²) in [4.78, 5) is 6.68. The van der Waals surface area contributed by atoms with Gasteiger partial charge in [-0.3, -0.25) is 0 Å². The molecule has 7 nitrogen and oxygen atoms in total. The summed E-state index contributed by atoms with van der Waals surface area (Å²) >= 11 is 0. The topological polar surface area (TPSA) is 90.5 Å². The van der Waals surface area contributed by atoms with E-state index in [1.165, 1.54) is 7.11 Å². The SMILES string of the molecule is COCOCc1cc2c([nH]c3ccccc32)c(OS(=O)(=O)C(F)(F)F)n1. The first kappa shape index (κ1) is 18.4. The van der Waals surface area contributed by atoms with E-state index in [4.69, 9.17) is 9.47 Å². The Morgan fingerprint density at radius 2 is 1.92 bits per heavy atom. The van der Waals surface area contributed by atoms with Crippen LogP contribution in [0, 0.1) is 0 Å². The number of benzene rings is 1. The second-order valence-electron chi connectivity index (χ2n) is 5.25. The van der Waals surface area contributed by atoms with Crippen LogP contribution in [0.15, 0.2) is 30.3 Å². The van der Waals surface area contributed by atoms with Crippen molar-refractivity contribution >= 4 is 31.9 Å². The van der Waals surface area contributed by atoms with Gasteiger partial charge in [-0.2, -0.15) is 21.6 Å². The smallest absolute Gasteiger partial charge is 0.359 e. The number of alkyl halides is 3. The Morgan fingerprint density at radius 3 is 2.62 bits per heavy atom. The average Bonchev–Trinajstić information content (AvgIpc) is 2.93. The van der Waals surface area contributed by atoms with Crippen LogP contribution in [0.5, 0.6) is 5.88 Å². The minimum Gasteiger partial charge on any atom is -0.359 e. The number of aromatic amines is 1. The molecular weight excluding hydrogens is 377 g/mol. The molecule has 0 aliphatic heterocycles. The molecule has 0 bridgehead atoms. The molecule has 11 heteroatoms. The van der Waals surface area contributed by atoms with Gasteiger partial charge in [0, 0.05) is 23.4 Å². The fourth-order valence-electron chi connectivity index (χ4n) is 2.38. The predicted molar refractivity (Wildman–Crippen MR) is 85.9 cm³/mol. The summed E-state index contributed by atoms with van der Waals surface area (Å²) in [5.74, 6) is -0.702. The van der Waals surface area contributed by atoms with E-state index in [1.54, 1.807) is 30.3 Å². The van der Waals surface area contributed by atoms with Gasteiger partial charge in [-0.15, -0.1) is 0 Å². The van der Waals surface area contributed by atoms with E-state index >= 15 is 0 Å². The number of aromatic nitrogens is 2. The number of halogens is 3. The van der Waals surface area contributed by atoms with Gasteiger partial charge in [-0.25, -0.2) is 4.98 Å². The lowest BCUT2D eigenvalue weighted by atomic mass is 10.1. The molecule has 0 saturated carbocycles. The molecule has 0 aliphatic carbocycles. The number of ether oxygens (including phenoxy) is 2. The Kier molecular flexibility index (Phi) is 4.78. The van der Waals surface area contributed by atoms with Crippen LogP contribution >= 0.6 is 0 Å². The molecule has 2 heterocycles. The maximum Gasteiger partial charge on any atom is 0.534 e. The molecule has 26 heavy (non-hydrogen) atoms. The van der Waals surface area contributed by atoms with Crippen molar-refractivity contribution in [2.24, 2.45) is 0 Å². The average molecular weight is 390 g/mol. The van der Waals surface area contributed by atoms with Crippen LogP contribution in [0.2, 0.25) is 0 Å². The van der Waals surface area contributed by atoms with Gasteiger partial charge in [0.2, 0.25) is 0 Å². The highest BCUT2D eigenvalue weighted by Gasteiger charge is 2.49. The molecule has 0 aliphatic rings. The van der Waals surface area contributed by atoms with Crippen LogP contribution in [0.25, 0.3) is 21.8 Å². The fraction of sp³-hybridized carbons (Fsp3) is 0.267. The molecule has 1 aromatic carbocycles. The van der Waals surface area contributed by atoms with Crippen molar-refractivity contribution in [2.45, 2.75) is 12.1 Å². The van der Waals surface area contributed by atoms with Crippen molar-refractivity contribution in [3.05, 3.63) is 36.0 Å². The molecule has 0 amide bonds. The van der Waals surface area contributed by atoms with Gasteiger partial charge in [-0.05, 0) is 12.1 Å². The summed E-state index contributed by atoms with van der Waals surface area (Å²) in [6.07, 6.45) is 0. The molecule has 0 fully saturated rings. The Balaban J connectivity index is 2.15. The van der Waals surface area contributed by atoms with Crippen molar-refractivity contribution in [2.75, 3.05) is 13.9 Å². The van der Waals surface area contributed by atoms with Gasteiger partial charge >= 0.3 is 15.6 Å². The van der Waals surface area contributed by atoms with Crippen LogP contribution in [0.3, 0.4) is 0 Å². The molecule has 140 valence electrons. The summed E-state index contributed by atoms with van der Waals surface area (Å²) in [7, 11) is -4.47. The molecule has 0 atom stereocenters. The summed E-state index contributed by atoms with van der Waals surface area (Å²) in [6, 6.07) is 8.47. The second-order valence-corrected chi connectivity index (χ2v) is 6.79. The van der Waals surface area contributed by atoms with Crippen molar-refractivity contribution < 1.29 is 35.2 Å². The lowest BCUT2D eigenvalue weighted by Gasteiger charge is -2.11. The first-order valence-electron chi connectivity index (χ1n) is 7.20. The van der Waals surface area contributed by atoms with E-state index in [0.717, 1.165) is 0 Å². The van der Waals surface area contributed by atoms with Crippen LogP contribution in [-0.4, -0.2) is 37.8 Å². The van der Waals surface area contributed by atoms with Gasteiger partial charge in [-0.1, -0.05) is 18.2 Å². The monoisotopic (exact) mass is 390 g/mol. The van der Waals surface area contributed by atoms with Crippen LogP contribution in [-0.2, 0) is 26.2 Å². The largest absolute Gasteiger partial charge is 0.534 e. The molecule has 0 saturated heterocycles. The molecule has 0 spiro atoms. The van der Waals surface area contributed by atoms with E-state index in [9.17, 15) is 21.6 Å². The Morgan fingerprint density at radius 1 is 1.19 bits per heavy atom. The summed E-state index contributed by atoms with van der Waals surface area (Å²) in [6.45, 7) is -0.170. The predicted octanol–water partition coefficient (Wildman–Crippen LogP) is 3.07. The normalized spacial score (nSPS) is 12.8. The van der Waals surface area contributed by atoms with Crippen molar-refractivity contribution in [1.82, 2.24) is 9.97 Å². The number of nitrogens with zero attached hydrogens (tertiary/aromatic N) is 1. The molecule has 0 unspecified atom stereocenters. The van der Waals surface area contributed by atoms with Gasteiger partial charge in [0.1, 0.15) is 12.3 Å². The minimum atomic E-state index is -5.87. The van der Waals surface area contributed by atoms with Gasteiger partial charge in [0.05, 0.1) is 12.3 Å². The number of methoxy groups -OCH3 is 1. The van der Waals surface area contributed by atoms with Crippen LogP contribution < -0.4 is 4.18 Å². The van der Waals surface area contributed by atoms with Crippen molar-refractivity contribution in [3.63, 3.8) is 0 Å². The van der Waals surface area contributed by atoms with E-state index < -0.39 is 21.5 Å². The number of fused-ring (bicyclic) bond motifs is 3. The highest BCUT2D eigenvalue weighted by atomic mass is 32.2. The lowest BCUT2D eigenvalue weighted by molar-refractivity contribution is -0.0501. The number of hydrogen-bond acceptors (Lipinski definition) is 6. The third-order valence-electron chi connectivity index (χ3n) is 3.44. The third kappa shape index (κ3) is 3.45. The molecule has 3 aromatic rings. The number of para-hydroxylation sites is 1. The summed E-state index contributed by atoms with van der Waals surface area (Å²) in [5.41, 5.74) is -4.76. The standard InChI is InChI=1S/C15H13F3N2O5S/c1-23-8-24-7-9-6-11-10-4-2-3-5-12(10)20-13(11)14(19-9)25-26(21,22)15(16,17)18/h2-6,20H,7-8H2,1H3. The van der Waals surface area contributed by atoms with E-state index in [0.29, 0.717) is 16.3 Å². The quantitative estimate of drug-likeness (QED) is 0.301. The minimum absolute atomic E-state index is 0.0366. The molecule has 1 N–H and O–H groups in total. The van der Waals surface area contributed by atoms with E-state index in [1.807, 2.05) is 0 Å². The third-order valence-corrected chi connectivity index (χ3v) is 4.38. The Labute approximate surface area is 145 Å². The zero-order valence-electron chi connectivity index (χ0n) is 13.3. The second kappa shape index (κ2) is 6.74. The summed E-state index contributed by atoms with van der Waals surface area (Å²) in [5, 5.41) is 1.13. The number of H-pyrrole nitrogens is 1. The zero-order valence-corrected chi connectivity index (χ0v) is 14.1. The number of rotatable bonds is 6. The maximum absolute atomic E-state index is 12.7. The van der Waals surface area contributed by atoms with Crippen molar-refractivity contribution in [3.8, 4) is 5.88 Å². The zero-order chi connectivity index (χ0) is 18.9. The molecular formula is C15H13F3N2O5S. The number of pyridine rings is 1. The number of nitrogens with one attached hydrogen (secondary N) is 1. The molecule has 2 aromatic heterocycles. The maximum atomic E-state index is 12.7. The Hall–Kier alpha value is -2.37. The summed E-state index contributed by atoms with van der Waals surface area (Å²) < 4.78 is 75.0. The first-order valence-corrected chi connectivity index (χ1v) is 8.61. The van der Waals surface area contributed by atoms with Crippen LogP contribution in [0.4, 0.5) is 13.2 Å². The first-order chi connectivity index (χ1) is 12.2. The van der Waals surface area contributed by atoms with E-state index in [2.05, 4.69) is 14.2 Å². The van der Waals surface area contributed by atoms with Crippen molar-refractivity contribution in [1.29, 1.82) is 0 Å². The molecule has 3 rings (SSSR count). The fourth-order valence-corrected chi connectivity index (χ4v) is 2.81. The number of hydrogen-bond donors (Lipinski definition) is 1. The van der Waals surface area contributed by atoms with Crippen LogP contribution in [0.1, 0.15) is 5.69 Å². The molecule has 0 radical (unpaired) electrons. The van der Waals surface area contributed by atoms with Gasteiger partial charge in [0.15, 0.2) is 0 Å². The Bertz CT molecular complexity index is 1050. The van der Waals surface area contributed by atoms with Gasteiger partial charge < -0.3 is 18.6 Å².